The first-order valence-corrected chi connectivity index (χ1v) is 15.6. The van der Waals surface area contributed by atoms with Gasteiger partial charge in [-0.15, -0.1) is 11.3 Å². The zero-order valence-corrected chi connectivity index (χ0v) is 27.0. The highest BCUT2D eigenvalue weighted by molar-refractivity contribution is 14.1. The molecule has 0 unspecified atom stereocenters. The van der Waals surface area contributed by atoms with Gasteiger partial charge in [0.2, 0.25) is 0 Å². The second kappa shape index (κ2) is 13.6. The first-order chi connectivity index (χ1) is 19.9. The topological polar surface area (TPSA) is 75.6 Å². The van der Waals surface area contributed by atoms with Crippen molar-refractivity contribution in [1.82, 2.24) is 10.4 Å². The number of hydrazone groups is 1. The van der Waals surface area contributed by atoms with Gasteiger partial charge in [0.15, 0.2) is 5.13 Å². The Morgan fingerprint density at radius 1 is 1.10 bits per heavy atom. The molecular formula is C31H23BrClIN4O2S. The van der Waals surface area contributed by atoms with Gasteiger partial charge < -0.3 is 10.1 Å². The zero-order chi connectivity index (χ0) is 28.8. The van der Waals surface area contributed by atoms with Crippen LogP contribution in [0.1, 0.15) is 27.0 Å². The van der Waals surface area contributed by atoms with Gasteiger partial charge in [-0.2, -0.15) is 5.10 Å². The fourth-order valence-electron chi connectivity index (χ4n) is 3.80. The molecule has 1 amide bonds. The summed E-state index contributed by atoms with van der Waals surface area (Å²) in [6.45, 7) is 2.41. The molecule has 206 valence electrons. The molecule has 0 fully saturated rings. The van der Waals surface area contributed by atoms with Crippen LogP contribution >= 0.6 is 61.5 Å². The third-order valence-electron chi connectivity index (χ3n) is 5.98. The molecule has 41 heavy (non-hydrogen) atoms. The SMILES string of the molecule is Cc1ccc(Nc2nc(-c3ccc(C(=O)N/N=C\c4cc(Br)c(OCc5ccccc5Cl)c(I)c4)cc3)cs2)cc1. The Kier molecular flexibility index (Phi) is 9.71. The smallest absolute Gasteiger partial charge is 0.271 e. The minimum atomic E-state index is -0.304. The van der Waals surface area contributed by atoms with Gasteiger partial charge in [-0.3, -0.25) is 4.79 Å². The summed E-state index contributed by atoms with van der Waals surface area (Å²) in [5.41, 5.74) is 8.77. The van der Waals surface area contributed by atoms with E-state index in [0.29, 0.717) is 22.9 Å². The summed E-state index contributed by atoms with van der Waals surface area (Å²) in [4.78, 5) is 17.3. The van der Waals surface area contributed by atoms with Crippen molar-refractivity contribution in [3.63, 3.8) is 0 Å². The van der Waals surface area contributed by atoms with Crippen molar-refractivity contribution in [2.75, 3.05) is 5.32 Å². The molecule has 0 aliphatic heterocycles. The number of anilines is 2. The molecule has 1 aromatic heterocycles. The van der Waals surface area contributed by atoms with E-state index in [2.05, 4.69) is 78.4 Å². The predicted octanol–water partition coefficient (Wildman–Crippen LogP) is 9.23. The van der Waals surface area contributed by atoms with Crippen molar-refractivity contribution in [1.29, 1.82) is 0 Å². The minimum absolute atomic E-state index is 0.304. The van der Waals surface area contributed by atoms with Crippen molar-refractivity contribution in [3.05, 3.63) is 126 Å². The highest BCUT2D eigenvalue weighted by Crippen LogP contribution is 2.33. The normalized spacial score (nSPS) is 11.0. The second-order valence-corrected chi connectivity index (χ2v) is 12.3. The molecule has 1 heterocycles. The van der Waals surface area contributed by atoms with Crippen LogP contribution in [0, 0.1) is 10.5 Å². The van der Waals surface area contributed by atoms with E-state index in [-0.39, 0.29) is 5.91 Å². The van der Waals surface area contributed by atoms with Crippen LogP contribution in [-0.4, -0.2) is 17.1 Å². The minimum Gasteiger partial charge on any atom is -0.487 e. The van der Waals surface area contributed by atoms with Gasteiger partial charge in [0, 0.05) is 32.8 Å². The number of carbonyl (C=O) groups is 1. The van der Waals surface area contributed by atoms with Gasteiger partial charge in [-0.25, -0.2) is 10.4 Å². The average molecular weight is 758 g/mol. The Hall–Kier alpha value is -3.25. The quantitative estimate of drug-likeness (QED) is 0.0894. The number of nitrogens with zero attached hydrogens (tertiary/aromatic N) is 2. The van der Waals surface area contributed by atoms with Crippen LogP contribution in [0.2, 0.25) is 5.02 Å². The fraction of sp³-hybridized carbons (Fsp3) is 0.0645. The first kappa shape index (κ1) is 29.2. The molecule has 0 atom stereocenters. The van der Waals surface area contributed by atoms with Crippen molar-refractivity contribution in [3.8, 4) is 17.0 Å². The maximum absolute atomic E-state index is 12.7. The van der Waals surface area contributed by atoms with Crippen molar-refractivity contribution in [2.24, 2.45) is 5.10 Å². The number of aryl methyl sites for hydroxylation is 1. The molecule has 4 aromatic carbocycles. The molecule has 0 saturated carbocycles. The number of hydrogen-bond acceptors (Lipinski definition) is 6. The van der Waals surface area contributed by atoms with Gasteiger partial charge in [-0.05, 0) is 93.5 Å². The molecule has 0 aliphatic carbocycles. The van der Waals surface area contributed by atoms with Crippen LogP contribution in [0.4, 0.5) is 10.8 Å². The molecule has 5 rings (SSSR count). The highest BCUT2D eigenvalue weighted by atomic mass is 127. The highest BCUT2D eigenvalue weighted by Gasteiger charge is 2.11. The standard InChI is InChI=1S/C31H23BrClIN4O2S/c1-19-6-12-24(13-7-19)36-31-37-28(18-41-31)21-8-10-22(11-9-21)30(39)38-35-16-20-14-25(32)29(27(34)15-20)40-17-23-4-2-3-5-26(23)33/h2-16,18H,17H2,1H3,(H,36,37)(H,38,39)/b35-16-. The van der Waals surface area contributed by atoms with E-state index in [1.165, 1.54) is 16.9 Å². The number of halogens is 3. The number of aromatic nitrogens is 1. The molecule has 5 aromatic rings. The third-order valence-corrected chi connectivity index (χ3v) is 8.50. The van der Waals surface area contributed by atoms with Crippen LogP contribution in [-0.2, 0) is 6.61 Å². The Morgan fingerprint density at radius 3 is 2.59 bits per heavy atom. The lowest BCUT2D eigenvalue weighted by molar-refractivity contribution is 0.0955. The molecule has 0 radical (unpaired) electrons. The first-order valence-electron chi connectivity index (χ1n) is 12.4. The van der Waals surface area contributed by atoms with Gasteiger partial charge in [-0.1, -0.05) is 59.6 Å². The molecule has 6 nitrogen and oxygen atoms in total. The lowest BCUT2D eigenvalue weighted by Gasteiger charge is -2.12. The van der Waals surface area contributed by atoms with Crippen molar-refractivity contribution in [2.45, 2.75) is 13.5 Å². The van der Waals surface area contributed by atoms with Crippen molar-refractivity contribution < 1.29 is 9.53 Å². The van der Waals surface area contributed by atoms with E-state index < -0.39 is 0 Å². The Balaban J connectivity index is 1.17. The second-order valence-electron chi connectivity index (χ2n) is 9.00. The Bertz CT molecular complexity index is 1690. The van der Waals surface area contributed by atoms with Crippen LogP contribution in [0.5, 0.6) is 5.75 Å². The summed E-state index contributed by atoms with van der Waals surface area (Å²) in [6, 6.07) is 26.8. The lowest BCUT2D eigenvalue weighted by Crippen LogP contribution is -2.17. The molecular weight excluding hydrogens is 735 g/mol. The summed E-state index contributed by atoms with van der Waals surface area (Å²) < 4.78 is 7.67. The van der Waals surface area contributed by atoms with E-state index in [9.17, 15) is 4.79 Å². The summed E-state index contributed by atoms with van der Waals surface area (Å²) in [7, 11) is 0. The molecule has 0 saturated heterocycles. The summed E-state index contributed by atoms with van der Waals surface area (Å²) >= 11 is 13.5. The van der Waals surface area contributed by atoms with Gasteiger partial charge in [0.25, 0.3) is 5.91 Å². The van der Waals surface area contributed by atoms with E-state index in [0.717, 1.165) is 41.2 Å². The van der Waals surface area contributed by atoms with Gasteiger partial charge in [0.1, 0.15) is 12.4 Å². The number of ether oxygens (including phenoxy) is 1. The Labute approximate surface area is 269 Å². The van der Waals surface area contributed by atoms with Crippen LogP contribution in [0.25, 0.3) is 11.3 Å². The van der Waals surface area contributed by atoms with E-state index in [4.69, 9.17) is 16.3 Å². The molecule has 2 N–H and O–H groups in total. The van der Waals surface area contributed by atoms with E-state index in [1.807, 2.05) is 66.0 Å². The maximum atomic E-state index is 12.7. The summed E-state index contributed by atoms with van der Waals surface area (Å²) in [5, 5.41) is 10.9. The number of amides is 1. The zero-order valence-electron chi connectivity index (χ0n) is 21.7. The van der Waals surface area contributed by atoms with Crippen LogP contribution < -0.4 is 15.5 Å². The average Bonchev–Trinajstić information content (AvgIpc) is 3.43. The lowest BCUT2D eigenvalue weighted by atomic mass is 10.1. The van der Waals surface area contributed by atoms with Gasteiger partial charge in [0.05, 0.1) is 20.0 Å². The van der Waals surface area contributed by atoms with E-state index in [1.54, 1.807) is 18.3 Å². The maximum Gasteiger partial charge on any atom is 0.271 e. The largest absolute Gasteiger partial charge is 0.487 e. The van der Waals surface area contributed by atoms with Crippen molar-refractivity contribution >= 4 is 84.4 Å². The monoisotopic (exact) mass is 756 g/mol. The number of nitrogens with one attached hydrogen (secondary N) is 2. The predicted molar refractivity (Wildman–Crippen MR) is 180 cm³/mol. The molecule has 10 heteroatoms. The number of benzene rings is 4. The summed E-state index contributed by atoms with van der Waals surface area (Å²) in [6.07, 6.45) is 1.59. The molecule has 0 spiro atoms. The number of rotatable bonds is 9. The van der Waals surface area contributed by atoms with E-state index >= 15 is 0 Å². The van der Waals surface area contributed by atoms with Crippen LogP contribution in [0.15, 0.2) is 99.9 Å². The van der Waals surface area contributed by atoms with Gasteiger partial charge >= 0.3 is 0 Å². The third kappa shape index (κ3) is 7.73. The number of carbonyl (C=O) groups excluding carboxylic acids is 1. The Morgan fingerprint density at radius 2 is 1.85 bits per heavy atom. The number of thiazole rings is 1. The number of hydrogen-bond donors (Lipinski definition) is 2. The molecule has 0 aliphatic rings. The fourth-order valence-corrected chi connectivity index (χ4v) is 6.50. The molecule has 0 bridgehead atoms. The summed E-state index contributed by atoms with van der Waals surface area (Å²) in [5.74, 6) is 0.409. The van der Waals surface area contributed by atoms with Crippen LogP contribution in [0.3, 0.4) is 0 Å².